The minimum atomic E-state index is -0.331. The molecule has 0 radical (unpaired) electrons. The maximum atomic E-state index is 5.30. The molecule has 0 bridgehead atoms. The van der Waals surface area contributed by atoms with E-state index in [-0.39, 0.29) is 5.60 Å². The average molecular weight is 211 g/mol. The zero-order valence-corrected chi connectivity index (χ0v) is 9.62. The van der Waals surface area contributed by atoms with Crippen molar-refractivity contribution in [2.24, 2.45) is 5.90 Å². The van der Waals surface area contributed by atoms with Crippen molar-refractivity contribution >= 4 is 11.3 Å². The minimum Gasteiger partial charge on any atom is -0.293 e. The highest BCUT2D eigenvalue weighted by Gasteiger charge is 2.25. The molecule has 0 fully saturated rings. The van der Waals surface area contributed by atoms with Gasteiger partial charge in [-0.15, -0.1) is 11.3 Å². The molecule has 1 aromatic heterocycles. The molecular formula is C11H17NOS. The first-order chi connectivity index (χ1) is 6.63. The standard InChI is InChI=1S/C11H17NOS/c1-11(2,13-12)10-7-8-5-3-4-6-9(8)14-10/h7H,3-6,12H2,1-2H3. The lowest BCUT2D eigenvalue weighted by atomic mass is 9.97. The summed E-state index contributed by atoms with van der Waals surface area (Å²) in [6, 6.07) is 2.27. The van der Waals surface area contributed by atoms with Crippen LogP contribution in [0.2, 0.25) is 0 Å². The minimum absolute atomic E-state index is 0.331. The van der Waals surface area contributed by atoms with Crippen LogP contribution >= 0.6 is 11.3 Å². The first-order valence-corrected chi connectivity index (χ1v) is 5.95. The van der Waals surface area contributed by atoms with Gasteiger partial charge in [-0.3, -0.25) is 4.84 Å². The van der Waals surface area contributed by atoms with Gasteiger partial charge < -0.3 is 0 Å². The van der Waals surface area contributed by atoms with Gasteiger partial charge in [0, 0.05) is 9.75 Å². The molecule has 0 spiro atoms. The smallest absolute Gasteiger partial charge is 0.118 e. The Kier molecular flexibility index (Phi) is 2.64. The van der Waals surface area contributed by atoms with Crippen LogP contribution < -0.4 is 5.90 Å². The van der Waals surface area contributed by atoms with Crippen molar-refractivity contribution in [1.29, 1.82) is 0 Å². The molecule has 0 saturated heterocycles. The topological polar surface area (TPSA) is 35.2 Å². The van der Waals surface area contributed by atoms with Crippen LogP contribution in [0.4, 0.5) is 0 Å². The molecule has 0 saturated carbocycles. The molecule has 0 aromatic carbocycles. The lowest BCUT2D eigenvalue weighted by Crippen LogP contribution is -2.23. The maximum Gasteiger partial charge on any atom is 0.118 e. The Morgan fingerprint density at radius 2 is 2.07 bits per heavy atom. The van der Waals surface area contributed by atoms with E-state index in [0.717, 1.165) is 0 Å². The highest BCUT2D eigenvalue weighted by molar-refractivity contribution is 7.12. The second kappa shape index (κ2) is 3.65. The maximum absolute atomic E-state index is 5.30. The molecule has 14 heavy (non-hydrogen) atoms. The summed E-state index contributed by atoms with van der Waals surface area (Å²) in [4.78, 5) is 7.81. The normalized spacial score (nSPS) is 16.8. The zero-order valence-electron chi connectivity index (χ0n) is 8.80. The summed E-state index contributed by atoms with van der Waals surface area (Å²) in [5.41, 5.74) is 1.18. The van der Waals surface area contributed by atoms with Gasteiger partial charge in [-0.25, -0.2) is 5.90 Å². The number of aryl methyl sites for hydroxylation is 2. The Morgan fingerprint density at radius 3 is 2.71 bits per heavy atom. The van der Waals surface area contributed by atoms with E-state index < -0.39 is 0 Å². The van der Waals surface area contributed by atoms with Gasteiger partial charge >= 0.3 is 0 Å². The number of hydrogen-bond donors (Lipinski definition) is 1. The molecule has 78 valence electrons. The Hall–Kier alpha value is -0.380. The molecule has 0 amide bonds. The fourth-order valence-corrected chi connectivity index (χ4v) is 3.14. The van der Waals surface area contributed by atoms with Gasteiger partial charge in [-0.2, -0.15) is 0 Å². The first kappa shape index (κ1) is 10.1. The van der Waals surface area contributed by atoms with Crippen LogP contribution in [0.15, 0.2) is 6.07 Å². The molecule has 1 aliphatic rings. The Labute approximate surface area is 89.0 Å². The second-order valence-corrected chi connectivity index (χ2v) is 5.53. The van der Waals surface area contributed by atoms with E-state index in [4.69, 9.17) is 10.7 Å². The van der Waals surface area contributed by atoms with Gasteiger partial charge in [0.05, 0.1) is 0 Å². The fraction of sp³-hybridized carbons (Fsp3) is 0.636. The van der Waals surface area contributed by atoms with E-state index in [0.29, 0.717) is 0 Å². The first-order valence-electron chi connectivity index (χ1n) is 5.13. The number of rotatable bonds is 2. The number of fused-ring (bicyclic) bond motifs is 1. The Bertz CT molecular complexity index is 307. The van der Waals surface area contributed by atoms with Crippen molar-refractivity contribution in [2.75, 3.05) is 0 Å². The van der Waals surface area contributed by atoms with Gasteiger partial charge in [-0.1, -0.05) is 0 Å². The van der Waals surface area contributed by atoms with Crippen LogP contribution in [0.5, 0.6) is 0 Å². The van der Waals surface area contributed by atoms with Crippen molar-refractivity contribution in [3.05, 3.63) is 21.4 Å². The predicted molar refractivity (Wildman–Crippen MR) is 59.3 cm³/mol. The highest BCUT2D eigenvalue weighted by Crippen LogP contribution is 2.36. The summed E-state index contributed by atoms with van der Waals surface area (Å²) in [5.74, 6) is 5.30. The van der Waals surface area contributed by atoms with Crippen LogP contribution in [-0.2, 0) is 23.3 Å². The van der Waals surface area contributed by atoms with Crippen LogP contribution in [0.3, 0.4) is 0 Å². The number of thiophene rings is 1. The Morgan fingerprint density at radius 1 is 1.36 bits per heavy atom. The van der Waals surface area contributed by atoms with Crippen molar-refractivity contribution in [3.63, 3.8) is 0 Å². The summed E-state index contributed by atoms with van der Waals surface area (Å²) in [7, 11) is 0. The van der Waals surface area contributed by atoms with Gasteiger partial charge in [0.15, 0.2) is 0 Å². The highest BCUT2D eigenvalue weighted by atomic mass is 32.1. The van der Waals surface area contributed by atoms with Gasteiger partial charge in [-0.05, 0) is 51.2 Å². The largest absolute Gasteiger partial charge is 0.293 e. The zero-order chi connectivity index (χ0) is 10.2. The SMILES string of the molecule is CC(C)(ON)c1cc2c(s1)CCCC2. The van der Waals surface area contributed by atoms with Crippen molar-refractivity contribution in [3.8, 4) is 0 Å². The van der Waals surface area contributed by atoms with Gasteiger partial charge in [0.1, 0.15) is 5.60 Å². The lowest BCUT2D eigenvalue weighted by Gasteiger charge is -2.19. The van der Waals surface area contributed by atoms with Crippen molar-refractivity contribution in [1.82, 2.24) is 0 Å². The third-order valence-corrected chi connectivity index (χ3v) is 4.43. The molecule has 1 aromatic rings. The summed E-state index contributed by atoms with van der Waals surface area (Å²) in [5, 5.41) is 0. The molecule has 3 heteroatoms. The van der Waals surface area contributed by atoms with E-state index in [1.165, 1.54) is 41.0 Å². The molecule has 2 nitrogen and oxygen atoms in total. The average Bonchev–Trinajstić information content (AvgIpc) is 2.61. The Balaban J connectivity index is 2.32. The molecular weight excluding hydrogens is 194 g/mol. The molecule has 0 unspecified atom stereocenters. The van der Waals surface area contributed by atoms with Crippen molar-refractivity contribution < 1.29 is 4.84 Å². The van der Waals surface area contributed by atoms with Gasteiger partial charge in [0.2, 0.25) is 0 Å². The molecule has 0 atom stereocenters. The fourth-order valence-electron chi connectivity index (χ4n) is 1.85. The van der Waals surface area contributed by atoms with Gasteiger partial charge in [0.25, 0.3) is 0 Å². The van der Waals surface area contributed by atoms with E-state index in [1.807, 2.05) is 25.2 Å². The summed E-state index contributed by atoms with van der Waals surface area (Å²) in [6.07, 6.45) is 5.12. The summed E-state index contributed by atoms with van der Waals surface area (Å²) in [6.45, 7) is 4.04. The third kappa shape index (κ3) is 1.72. The van der Waals surface area contributed by atoms with E-state index in [2.05, 4.69) is 6.07 Å². The van der Waals surface area contributed by atoms with E-state index in [1.54, 1.807) is 0 Å². The molecule has 2 N–H and O–H groups in total. The molecule has 0 aliphatic heterocycles. The van der Waals surface area contributed by atoms with E-state index >= 15 is 0 Å². The van der Waals surface area contributed by atoms with Crippen molar-refractivity contribution in [2.45, 2.75) is 45.1 Å². The molecule has 1 heterocycles. The summed E-state index contributed by atoms with van der Waals surface area (Å²) >= 11 is 1.86. The summed E-state index contributed by atoms with van der Waals surface area (Å²) < 4.78 is 0. The third-order valence-electron chi connectivity index (χ3n) is 2.88. The predicted octanol–water partition coefficient (Wildman–Crippen LogP) is 2.75. The monoisotopic (exact) mass is 211 g/mol. The van der Waals surface area contributed by atoms with Crippen LogP contribution in [0.1, 0.15) is 42.0 Å². The van der Waals surface area contributed by atoms with Crippen LogP contribution in [-0.4, -0.2) is 0 Å². The quantitative estimate of drug-likeness (QED) is 0.763. The van der Waals surface area contributed by atoms with E-state index in [9.17, 15) is 0 Å². The number of hydrogen-bond acceptors (Lipinski definition) is 3. The molecule has 1 aliphatic carbocycles. The van der Waals surface area contributed by atoms with Crippen LogP contribution in [0.25, 0.3) is 0 Å². The van der Waals surface area contributed by atoms with Crippen LogP contribution in [0, 0.1) is 0 Å². The number of nitrogens with two attached hydrogens (primary N) is 1. The second-order valence-electron chi connectivity index (χ2n) is 4.39. The lowest BCUT2D eigenvalue weighted by molar-refractivity contribution is -0.0208. The molecule has 2 rings (SSSR count).